The van der Waals surface area contributed by atoms with Gasteiger partial charge in [-0.3, -0.25) is 0 Å². The van der Waals surface area contributed by atoms with Crippen molar-refractivity contribution in [2.45, 2.75) is 37.7 Å². The number of carboxylic acid groups (broad SMARTS) is 1. The number of hydrogen-bond donors (Lipinski definition) is 2. The molecule has 2 N–H and O–H groups in total. The topological polar surface area (TPSA) is 76.0 Å². The lowest BCUT2D eigenvalue weighted by molar-refractivity contribution is -0.194. The van der Waals surface area contributed by atoms with Crippen LogP contribution in [0.4, 0.5) is 4.39 Å². The van der Waals surface area contributed by atoms with Gasteiger partial charge in [0.05, 0.1) is 12.2 Å². The minimum absolute atomic E-state index is 0.0234. The summed E-state index contributed by atoms with van der Waals surface area (Å²) in [6.07, 6.45) is 4.18. The lowest BCUT2D eigenvalue weighted by Gasteiger charge is -2.53. The average Bonchev–Trinajstić information content (AvgIpc) is 2.52. The number of rotatable bonds is 6. The highest BCUT2D eigenvalue weighted by Crippen LogP contribution is 2.55. The number of halogens is 1. The molecule has 0 atom stereocenters. The summed E-state index contributed by atoms with van der Waals surface area (Å²) in [7, 11) is 0. The number of carbonyl (C=O) groups is 1. The fourth-order valence-electron chi connectivity index (χ4n) is 3.74. The van der Waals surface area contributed by atoms with E-state index in [9.17, 15) is 14.3 Å². The molecule has 3 aliphatic rings. The SMILES string of the molecule is O=C(O)COCCC12CCC(c3cc(O)cc(F)c3)(CC1)OC2. The molecule has 0 spiro atoms. The van der Waals surface area contributed by atoms with Crippen molar-refractivity contribution in [1.82, 2.24) is 0 Å². The van der Waals surface area contributed by atoms with Gasteiger partial charge in [-0.1, -0.05) is 0 Å². The number of ether oxygens (including phenoxy) is 2. The van der Waals surface area contributed by atoms with Gasteiger partial charge in [-0.2, -0.15) is 0 Å². The number of aliphatic carboxylic acids is 1. The van der Waals surface area contributed by atoms with E-state index in [0.717, 1.165) is 38.2 Å². The maximum atomic E-state index is 13.6. The summed E-state index contributed by atoms with van der Waals surface area (Å²) in [6, 6.07) is 4.11. The first kappa shape index (κ1) is 16.2. The Balaban J connectivity index is 1.64. The molecule has 1 aliphatic carbocycles. The third kappa shape index (κ3) is 3.33. The highest BCUT2D eigenvalue weighted by Gasteiger charge is 2.50. The van der Waals surface area contributed by atoms with Crippen molar-refractivity contribution in [2.75, 3.05) is 19.8 Å². The van der Waals surface area contributed by atoms with E-state index >= 15 is 0 Å². The number of aromatic hydroxyl groups is 1. The third-order valence-electron chi connectivity index (χ3n) is 5.18. The van der Waals surface area contributed by atoms with Crippen molar-refractivity contribution < 1.29 is 28.9 Å². The van der Waals surface area contributed by atoms with Crippen molar-refractivity contribution in [3.05, 3.63) is 29.6 Å². The molecule has 2 heterocycles. The Morgan fingerprint density at radius 1 is 1.26 bits per heavy atom. The van der Waals surface area contributed by atoms with Crippen LogP contribution in [0.15, 0.2) is 18.2 Å². The Morgan fingerprint density at radius 2 is 2.00 bits per heavy atom. The minimum atomic E-state index is -0.962. The number of phenols is 1. The van der Waals surface area contributed by atoms with E-state index in [4.69, 9.17) is 14.6 Å². The van der Waals surface area contributed by atoms with Crippen LogP contribution in [0.1, 0.15) is 37.7 Å². The van der Waals surface area contributed by atoms with E-state index in [1.54, 1.807) is 6.07 Å². The largest absolute Gasteiger partial charge is 0.508 e. The van der Waals surface area contributed by atoms with Gasteiger partial charge in [0.25, 0.3) is 0 Å². The smallest absolute Gasteiger partial charge is 0.329 e. The molecular formula is C17H21FO5. The zero-order valence-corrected chi connectivity index (χ0v) is 12.9. The van der Waals surface area contributed by atoms with Crippen molar-refractivity contribution in [1.29, 1.82) is 0 Å². The average molecular weight is 324 g/mol. The number of benzene rings is 1. The Hall–Kier alpha value is -1.66. The maximum absolute atomic E-state index is 13.6. The van der Waals surface area contributed by atoms with Gasteiger partial charge in [0.2, 0.25) is 0 Å². The summed E-state index contributed by atoms with van der Waals surface area (Å²) in [5.41, 5.74) is 0.212. The molecule has 0 unspecified atom stereocenters. The van der Waals surface area contributed by atoms with Gasteiger partial charge >= 0.3 is 5.97 Å². The van der Waals surface area contributed by atoms with E-state index < -0.39 is 17.4 Å². The molecule has 3 fully saturated rings. The van der Waals surface area contributed by atoms with Crippen molar-refractivity contribution in [3.8, 4) is 5.75 Å². The van der Waals surface area contributed by atoms with Crippen LogP contribution in [0.3, 0.4) is 0 Å². The first-order chi connectivity index (χ1) is 10.9. The first-order valence-corrected chi connectivity index (χ1v) is 7.87. The van der Waals surface area contributed by atoms with E-state index in [2.05, 4.69) is 0 Å². The van der Waals surface area contributed by atoms with Crippen LogP contribution >= 0.6 is 0 Å². The lowest BCUT2D eigenvalue weighted by atomic mass is 9.63. The molecule has 4 rings (SSSR count). The van der Waals surface area contributed by atoms with Crippen LogP contribution in [0, 0.1) is 11.2 Å². The van der Waals surface area contributed by atoms with E-state index in [0.29, 0.717) is 18.8 Å². The Labute approximate surface area is 134 Å². The molecule has 126 valence electrons. The number of hydrogen-bond acceptors (Lipinski definition) is 4. The van der Waals surface area contributed by atoms with Crippen molar-refractivity contribution in [2.24, 2.45) is 5.41 Å². The molecule has 23 heavy (non-hydrogen) atoms. The van der Waals surface area contributed by atoms with Gasteiger partial charge in [-0.15, -0.1) is 0 Å². The number of carboxylic acids is 1. The number of phenolic OH excluding ortho intramolecular Hbond substituents is 1. The predicted octanol–water partition coefficient (Wildman–Crippen LogP) is 2.81. The molecule has 5 nitrogen and oxygen atoms in total. The third-order valence-corrected chi connectivity index (χ3v) is 5.18. The van der Waals surface area contributed by atoms with Gasteiger partial charge in [0.1, 0.15) is 18.2 Å². The zero-order chi connectivity index (χ0) is 16.5. The molecule has 1 aromatic rings. The van der Waals surface area contributed by atoms with E-state index in [-0.39, 0.29) is 17.8 Å². The summed E-state index contributed by atoms with van der Waals surface area (Å²) >= 11 is 0. The summed E-state index contributed by atoms with van der Waals surface area (Å²) in [6.45, 7) is 0.688. The van der Waals surface area contributed by atoms with Gasteiger partial charge in [0.15, 0.2) is 0 Å². The summed E-state index contributed by atoms with van der Waals surface area (Å²) in [5.74, 6) is -1.50. The Morgan fingerprint density at radius 3 is 2.57 bits per heavy atom. The Kier molecular flexibility index (Phi) is 4.29. The van der Waals surface area contributed by atoms with Crippen LogP contribution in [0.25, 0.3) is 0 Å². The van der Waals surface area contributed by atoms with Gasteiger partial charge in [-0.25, -0.2) is 9.18 Å². The molecule has 0 amide bonds. The summed E-state index contributed by atoms with van der Waals surface area (Å²) in [5, 5.41) is 18.2. The second-order valence-corrected chi connectivity index (χ2v) is 6.68. The molecule has 1 aromatic carbocycles. The fraction of sp³-hybridized carbons (Fsp3) is 0.588. The van der Waals surface area contributed by atoms with Crippen LogP contribution in [-0.2, 0) is 19.9 Å². The molecule has 1 saturated carbocycles. The van der Waals surface area contributed by atoms with Crippen LogP contribution < -0.4 is 0 Å². The highest BCUT2D eigenvalue weighted by molar-refractivity contribution is 5.67. The van der Waals surface area contributed by atoms with Crippen LogP contribution in [0.5, 0.6) is 5.75 Å². The number of fused-ring (bicyclic) bond motifs is 3. The Bertz CT molecular complexity index is 556. The van der Waals surface area contributed by atoms with Crippen molar-refractivity contribution in [3.63, 3.8) is 0 Å². The normalized spacial score (nSPS) is 29.6. The second kappa shape index (κ2) is 6.09. The summed E-state index contributed by atoms with van der Waals surface area (Å²) < 4.78 is 24.8. The molecule has 2 saturated heterocycles. The zero-order valence-electron chi connectivity index (χ0n) is 12.9. The molecule has 2 bridgehead atoms. The molecule has 0 aromatic heterocycles. The van der Waals surface area contributed by atoms with Gasteiger partial charge in [-0.05, 0) is 55.2 Å². The monoisotopic (exact) mass is 324 g/mol. The molecule has 6 heteroatoms. The first-order valence-electron chi connectivity index (χ1n) is 7.87. The predicted molar refractivity (Wildman–Crippen MR) is 79.7 cm³/mol. The maximum Gasteiger partial charge on any atom is 0.329 e. The van der Waals surface area contributed by atoms with Gasteiger partial charge in [0, 0.05) is 12.7 Å². The van der Waals surface area contributed by atoms with E-state index in [1.807, 2.05) is 0 Å². The second-order valence-electron chi connectivity index (χ2n) is 6.68. The molecular weight excluding hydrogens is 303 g/mol. The molecule has 0 radical (unpaired) electrons. The van der Waals surface area contributed by atoms with Gasteiger partial charge < -0.3 is 19.7 Å². The molecule has 2 aliphatic heterocycles. The fourth-order valence-corrected chi connectivity index (χ4v) is 3.74. The highest BCUT2D eigenvalue weighted by atomic mass is 19.1. The minimum Gasteiger partial charge on any atom is -0.508 e. The van der Waals surface area contributed by atoms with E-state index in [1.165, 1.54) is 6.07 Å². The van der Waals surface area contributed by atoms with Crippen LogP contribution in [0.2, 0.25) is 0 Å². The summed E-state index contributed by atoms with van der Waals surface area (Å²) in [4.78, 5) is 10.5. The lowest BCUT2D eigenvalue weighted by Crippen LogP contribution is -2.49. The van der Waals surface area contributed by atoms with Crippen LogP contribution in [-0.4, -0.2) is 36.0 Å². The standard InChI is InChI=1S/C17H21FO5/c18-13-7-12(8-14(19)9-13)17-3-1-16(2-4-17,11-23-17)5-6-22-10-15(20)21/h7-9,19H,1-6,10-11H2,(H,20,21). The van der Waals surface area contributed by atoms with Crippen molar-refractivity contribution >= 4 is 5.97 Å². The quantitative estimate of drug-likeness (QED) is 0.787.